The van der Waals surface area contributed by atoms with Gasteiger partial charge in [0.25, 0.3) is 5.91 Å². The van der Waals surface area contributed by atoms with Crippen molar-refractivity contribution in [2.75, 3.05) is 13.1 Å². The minimum atomic E-state index is -4.93. The molecule has 1 aromatic heterocycles. The zero-order valence-electron chi connectivity index (χ0n) is 12.6. The largest absolute Gasteiger partial charge is 0.481 e. The van der Waals surface area contributed by atoms with Gasteiger partial charge in [-0.1, -0.05) is 13.8 Å². The van der Waals surface area contributed by atoms with E-state index in [1.165, 1.54) is 12.5 Å². The second kappa shape index (κ2) is 5.78. The molecule has 1 aliphatic heterocycles. The van der Waals surface area contributed by atoms with Crippen molar-refractivity contribution in [3.05, 3.63) is 23.8 Å². The zero-order valence-corrected chi connectivity index (χ0v) is 12.6. The number of carbonyl (C=O) groups is 2. The van der Waals surface area contributed by atoms with Crippen molar-refractivity contribution in [1.29, 1.82) is 0 Å². The highest BCUT2D eigenvalue weighted by atomic mass is 19.4. The van der Waals surface area contributed by atoms with Gasteiger partial charge in [0.15, 0.2) is 5.41 Å². The highest BCUT2D eigenvalue weighted by Crippen LogP contribution is 2.46. The summed E-state index contributed by atoms with van der Waals surface area (Å²) < 4.78 is 39.5. The fourth-order valence-corrected chi connectivity index (χ4v) is 2.64. The first-order chi connectivity index (χ1) is 10.6. The van der Waals surface area contributed by atoms with E-state index in [1.807, 2.05) is 0 Å². The van der Waals surface area contributed by atoms with Crippen LogP contribution in [0.25, 0.3) is 0 Å². The molecule has 0 aromatic carbocycles. The van der Waals surface area contributed by atoms with E-state index < -0.39 is 36.4 Å². The Morgan fingerprint density at radius 2 is 2.04 bits per heavy atom. The molecular weight excluding hydrogens is 315 g/mol. The van der Waals surface area contributed by atoms with Crippen LogP contribution in [0.3, 0.4) is 0 Å². The zero-order chi connectivity index (χ0) is 17.4. The number of alkyl halides is 3. The molecule has 23 heavy (non-hydrogen) atoms. The van der Waals surface area contributed by atoms with Crippen molar-refractivity contribution in [3.63, 3.8) is 0 Å². The van der Waals surface area contributed by atoms with Gasteiger partial charge in [-0.3, -0.25) is 9.59 Å². The number of likely N-dealkylation sites (tertiary alicyclic amines) is 1. The smallest absolute Gasteiger partial charge is 0.406 e. The first-order valence-corrected chi connectivity index (χ1v) is 6.99. The van der Waals surface area contributed by atoms with E-state index in [-0.39, 0.29) is 18.0 Å². The molecule has 1 unspecified atom stereocenters. The Hall–Kier alpha value is -2.19. The Morgan fingerprint density at radius 1 is 1.39 bits per heavy atom. The Balaban J connectivity index is 2.32. The summed E-state index contributed by atoms with van der Waals surface area (Å²) in [6.45, 7) is 2.40. The molecule has 1 atom stereocenters. The summed E-state index contributed by atoms with van der Waals surface area (Å²) in [5, 5.41) is 9.03. The number of hydrogen-bond acceptors (Lipinski definition) is 4. The highest BCUT2D eigenvalue weighted by Gasteiger charge is 2.64. The lowest BCUT2D eigenvalue weighted by Crippen LogP contribution is -2.47. The van der Waals surface area contributed by atoms with Gasteiger partial charge in [-0.2, -0.15) is 13.2 Å². The molecule has 9 heteroatoms. The van der Waals surface area contributed by atoms with Crippen molar-refractivity contribution < 1.29 is 27.9 Å². The standard InChI is InChI=1S/C14H16F3N3O3/c1-8(2)10-9(5-18-7-19-10)11(21)20-4-3-13(6-20,12(22)23)14(15,16)17/h5,7-8H,3-4,6H2,1-2H3,(H,22,23). The average molecular weight is 331 g/mol. The first-order valence-electron chi connectivity index (χ1n) is 6.99. The summed E-state index contributed by atoms with van der Waals surface area (Å²) in [5.41, 5.74) is -2.40. The molecule has 1 amide bonds. The van der Waals surface area contributed by atoms with Crippen LogP contribution in [-0.2, 0) is 4.79 Å². The maximum absolute atomic E-state index is 13.2. The lowest BCUT2D eigenvalue weighted by atomic mass is 9.86. The molecule has 0 bridgehead atoms. The van der Waals surface area contributed by atoms with Crippen LogP contribution in [0, 0.1) is 5.41 Å². The third-order valence-corrected chi connectivity index (χ3v) is 4.03. The summed E-state index contributed by atoms with van der Waals surface area (Å²) in [6, 6.07) is 0. The van der Waals surface area contributed by atoms with Gasteiger partial charge in [-0.25, -0.2) is 9.97 Å². The van der Waals surface area contributed by atoms with Gasteiger partial charge >= 0.3 is 12.1 Å². The number of hydrogen-bond donors (Lipinski definition) is 1. The summed E-state index contributed by atoms with van der Waals surface area (Å²) in [4.78, 5) is 32.3. The SMILES string of the molecule is CC(C)c1ncncc1C(=O)N1CCC(C(=O)O)(C(F)(F)F)C1. The fourth-order valence-electron chi connectivity index (χ4n) is 2.64. The van der Waals surface area contributed by atoms with Crippen LogP contribution in [0.4, 0.5) is 13.2 Å². The van der Waals surface area contributed by atoms with Gasteiger partial charge in [0, 0.05) is 19.3 Å². The number of aliphatic carboxylic acids is 1. The van der Waals surface area contributed by atoms with E-state index in [0.29, 0.717) is 5.69 Å². The predicted octanol–water partition coefficient (Wildman–Crippen LogP) is 2.08. The molecule has 0 aliphatic carbocycles. The van der Waals surface area contributed by atoms with Gasteiger partial charge in [0.05, 0.1) is 11.3 Å². The molecule has 2 heterocycles. The third kappa shape index (κ3) is 2.87. The molecule has 2 rings (SSSR count). The number of rotatable bonds is 3. The number of carboxylic acid groups (broad SMARTS) is 1. The number of amides is 1. The van der Waals surface area contributed by atoms with Crippen molar-refractivity contribution in [3.8, 4) is 0 Å². The molecule has 1 N–H and O–H groups in total. The number of aromatic nitrogens is 2. The maximum Gasteiger partial charge on any atom is 0.406 e. The van der Waals surface area contributed by atoms with E-state index in [4.69, 9.17) is 5.11 Å². The van der Waals surface area contributed by atoms with Crippen LogP contribution >= 0.6 is 0 Å². The molecule has 1 fully saturated rings. The summed E-state index contributed by atoms with van der Waals surface area (Å²) in [7, 11) is 0. The number of halogens is 3. The molecule has 1 saturated heterocycles. The summed E-state index contributed by atoms with van der Waals surface area (Å²) in [5.74, 6) is -2.76. The molecule has 0 spiro atoms. The summed E-state index contributed by atoms with van der Waals surface area (Å²) >= 11 is 0. The molecule has 126 valence electrons. The van der Waals surface area contributed by atoms with Gasteiger partial charge in [-0.15, -0.1) is 0 Å². The molecule has 1 aromatic rings. The van der Waals surface area contributed by atoms with Crippen LogP contribution in [0.15, 0.2) is 12.5 Å². The minimum absolute atomic E-state index is 0.103. The Morgan fingerprint density at radius 3 is 2.52 bits per heavy atom. The van der Waals surface area contributed by atoms with E-state index >= 15 is 0 Å². The number of carbonyl (C=O) groups excluding carboxylic acids is 1. The number of carboxylic acids is 1. The average Bonchev–Trinajstić information content (AvgIpc) is 2.92. The quantitative estimate of drug-likeness (QED) is 0.917. The molecule has 0 saturated carbocycles. The van der Waals surface area contributed by atoms with Crippen LogP contribution in [0.5, 0.6) is 0 Å². The Bertz CT molecular complexity index is 633. The number of nitrogens with zero attached hydrogens (tertiary/aromatic N) is 3. The monoisotopic (exact) mass is 331 g/mol. The maximum atomic E-state index is 13.2. The molecule has 0 radical (unpaired) electrons. The Labute approximate surface area is 130 Å². The van der Waals surface area contributed by atoms with E-state index in [0.717, 1.165) is 4.90 Å². The van der Waals surface area contributed by atoms with Gasteiger partial charge in [0.1, 0.15) is 6.33 Å². The van der Waals surface area contributed by atoms with Gasteiger partial charge in [0.2, 0.25) is 0 Å². The van der Waals surface area contributed by atoms with Gasteiger partial charge < -0.3 is 10.0 Å². The van der Waals surface area contributed by atoms with E-state index in [2.05, 4.69) is 9.97 Å². The second-order valence-corrected chi connectivity index (χ2v) is 5.84. The fraction of sp³-hybridized carbons (Fsp3) is 0.571. The Kier molecular flexibility index (Phi) is 4.32. The highest BCUT2D eigenvalue weighted by molar-refractivity contribution is 5.96. The minimum Gasteiger partial charge on any atom is -0.481 e. The van der Waals surface area contributed by atoms with Crippen LogP contribution in [0.1, 0.15) is 42.2 Å². The van der Waals surface area contributed by atoms with Crippen molar-refractivity contribution >= 4 is 11.9 Å². The third-order valence-electron chi connectivity index (χ3n) is 4.03. The van der Waals surface area contributed by atoms with E-state index in [9.17, 15) is 22.8 Å². The topological polar surface area (TPSA) is 83.4 Å². The normalized spacial score (nSPS) is 21.7. The van der Waals surface area contributed by atoms with Crippen molar-refractivity contribution in [1.82, 2.24) is 14.9 Å². The molecule has 1 aliphatic rings. The van der Waals surface area contributed by atoms with Crippen LogP contribution in [0.2, 0.25) is 0 Å². The van der Waals surface area contributed by atoms with E-state index in [1.54, 1.807) is 13.8 Å². The second-order valence-electron chi connectivity index (χ2n) is 5.84. The lowest BCUT2D eigenvalue weighted by molar-refractivity contribution is -0.227. The van der Waals surface area contributed by atoms with Crippen molar-refractivity contribution in [2.24, 2.45) is 5.41 Å². The van der Waals surface area contributed by atoms with Crippen LogP contribution < -0.4 is 0 Å². The summed E-state index contributed by atoms with van der Waals surface area (Å²) in [6.07, 6.45) is -3.09. The van der Waals surface area contributed by atoms with Crippen LogP contribution in [-0.4, -0.2) is 51.1 Å². The lowest BCUT2D eigenvalue weighted by Gasteiger charge is -2.27. The van der Waals surface area contributed by atoms with Gasteiger partial charge in [-0.05, 0) is 12.3 Å². The predicted molar refractivity (Wildman–Crippen MR) is 72.8 cm³/mol. The first kappa shape index (κ1) is 17.2. The molecular formula is C14H16F3N3O3. The van der Waals surface area contributed by atoms with Crippen molar-refractivity contribution in [2.45, 2.75) is 32.4 Å². The molecule has 6 nitrogen and oxygen atoms in total.